The number of halogens is 2. The van der Waals surface area contributed by atoms with Crippen molar-refractivity contribution in [3.8, 4) is 0 Å². The van der Waals surface area contributed by atoms with Gasteiger partial charge in [-0.2, -0.15) is 0 Å². The molecule has 2 N–H and O–H groups in total. The Balaban J connectivity index is 2.27. The zero-order valence-electron chi connectivity index (χ0n) is 12.2. The van der Waals surface area contributed by atoms with Crippen LogP contribution in [0.15, 0.2) is 36.4 Å². The predicted molar refractivity (Wildman–Crippen MR) is 81.4 cm³/mol. The lowest BCUT2D eigenvalue weighted by atomic mass is 10.0. The third kappa shape index (κ3) is 3.68. The molecule has 0 saturated heterocycles. The van der Waals surface area contributed by atoms with Crippen LogP contribution < -0.4 is 10.6 Å². The molecule has 0 aliphatic heterocycles. The van der Waals surface area contributed by atoms with Crippen molar-refractivity contribution in [2.24, 2.45) is 0 Å². The molecule has 5 heteroatoms. The first kappa shape index (κ1) is 15.2. The van der Waals surface area contributed by atoms with E-state index >= 15 is 0 Å². The average Bonchev–Trinajstić information content (AvgIpc) is 2.50. The number of aromatic nitrogens is 1. The van der Waals surface area contributed by atoms with Gasteiger partial charge >= 0.3 is 0 Å². The van der Waals surface area contributed by atoms with Gasteiger partial charge in [-0.25, -0.2) is 13.8 Å². The van der Waals surface area contributed by atoms with Crippen molar-refractivity contribution in [3.63, 3.8) is 0 Å². The lowest BCUT2D eigenvalue weighted by Gasteiger charge is -2.19. The third-order valence-corrected chi connectivity index (χ3v) is 3.19. The Labute approximate surface area is 123 Å². The molecule has 112 valence electrons. The van der Waals surface area contributed by atoms with Gasteiger partial charge in [0.2, 0.25) is 0 Å². The van der Waals surface area contributed by atoms with E-state index in [4.69, 9.17) is 0 Å². The number of rotatable bonds is 6. The maximum absolute atomic E-state index is 13.9. The summed E-state index contributed by atoms with van der Waals surface area (Å²) in [4.78, 5) is 4.00. The van der Waals surface area contributed by atoms with Crippen LogP contribution in [0.1, 0.15) is 31.9 Å². The summed E-state index contributed by atoms with van der Waals surface area (Å²) in [6, 6.07) is 10.5. The summed E-state index contributed by atoms with van der Waals surface area (Å²) in [6.45, 7) is 4.35. The van der Waals surface area contributed by atoms with E-state index in [1.165, 1.54) is 0 Å². The Morgan fingerprint density at radius 1 is 1.05 bits per heavy atom. The van der Waals surface area contributed by atoms with E-state index in [0.717, 1.165) is 18.1 Å². The molecular formula is C16H19F2N3. The largest absolute Gasteiger partial charge is 0.368 e. The number of nitrogens with one attached hydrogen (secondary N) is 2. The monoisotopic (exact) mass is 291 g/mol. The molecule has 0 saturated carbocycles. The van der Waals surface area contributed by atoms with Crippen LogP contribution in [-0.4, -0.2) is 11.5 Å². The summed E-state index contributed by atoms with van der Waals surface area (Å²) in [6.07, 6.45) is 0.763. The lowest BCUT2D eigenvalue weighted by Crippen LogP contribution is -2.14. The summed E-state index contributed by atoms with van der Waals surface area (Å²) >= 11 is 0. The fraction of sp³-hybridized carbons (Fsp3) is 0.312. The molecule has 0 aliphatic carbocycles. The van der Waals surface area contributed by atoms with Gasteiger partial charge in [-0.05, 0) is 18.9 Å². The topological polar surface area (TPSA) is 37.0 Å². The highest BCUT2D eigenvalue weighted by molar-refractivity contribution is 5.48. The van der Waals surface area contributed by atoms with E-state index in [1.807, 2.05) is 44.2 Å². The molecule has 0 bridgehead atoms. The first-order valence-corrected chi connectivity index (χ1v) is 7.07. The molecule has 1 aromatic heterocycles. The lowest BCUT2D eigenvalue weighted by molar-refractivity contribution is 0.574. The molecule has 0 aliphatic rings. The molecule has 0 fully saturated rings. The van der Waals surface area contributed by atoms with E-state index in [9.17, 15) is 8.78 Å². The third-order valence-electron chi connectivity index (χ3n) is 3.19. The summed E-state index contributed by atoms with van der Waals surface area (Å²) in [5.74, 6) is -1.26. The predicted octanol–water partition coefficient (Wildman–Crippen LogP) is 4.35. The SMILES string of the molecule is CCNc1nc(NC(CC)c2ccccc2)c(F)cc1F. The fourth-order valence-corrected chi connectivity index (χ4v) is 2.13. The molecule has 0 radical (unpaired) electrons. The average molecular weight is 291 g/mol. The zero-order valence-corrected chi connectivity index (χ0v) is 12.2. The van der Waals surface area contributed by atoms with Gasteiger partial charge < -0.3 is 10.6 Å². The van der Waals surface area contributed by atoms with Gasteiger partial charge in [0.05, 0.1) is 6.04 Å². The van der Waals surface area contributed by atoms with Crippen LogP contribution in [0.25, 0.3) is 0 Å². The van der Waals surface area contributed by atoms with Gasteiger partial charge in [0.25, 0.3) is 0 Å². The van der Waals surface area contributed by atoms with Gasteiger partial charge in [-0.3, -0.25) is 0 Å². The first-order chi connectivity index (χ1) is 10.2. The van der Waals surface area contributed by atoms with Crippen molar-refractivity contribution in [2.45, 2.75) is 26.3 Å². The fourth-order valence-electron chi connectivity index (χ4n) is 2.13. The Kier molecular flexibility index (Phi) is 5.09. The Morgan fingerprint density at radius 2 is 1.71 bits per heavy atom. The molecule has 21 heavy (non-hydrogen) atoms. The first-order valence-electron chi connectivity index (χ1n) is 7.07. The van der Waals surface area contributed by atoms with Crippen molar-refractivity contribution < 1.29 is 8.78 Å². The highest BCUT2D eigenvalue weighted by Crippen LogP contribution is 2.25. The maximum atomic E-state index is 13.9. The molecule has 0 amide bonds. The van der Waals surface area contributed by atoms with Crippen LogP contribution in [0.5, 0.6) is 0 Å². The molecule has 1 unspecified atom stereocenters. The Bertz CT molecular complexity index is 588. The van der Waals surface area contributed by atoms with Crippen LogP contribution in [-0.2, 0) is 0 Å². The van der Waals surface area contributed by atoms with Gasteiger partial charge in [0.1, 0.15) is 0 Å². The van der Waals surface area contributed by atoms with E-state index < -0.39 is 11.6 Å². The molecule has 3 nitrogen and oxygen atoms in total. The van der Waals surface area contributed by atoms with E-state index in [1.54, 1.807) is 0 Å². The van der Waals surface area contributed by atoms with Crippen LogP contribution in [0.2, 0.25) is 0 Å². The number of pyridine rings is 1. The standard InChI is InChI=1S/C16H19F2N3/c1-3-14(11-8-6-5-7-9-11)20-16-13(18)10-12(17)15(21-16)19-4-2/h5-10,14H,3-4H2,1-2H3,(H2,19,20,21). The van der Waals surface area contributed by atoms with Crippen molar-refractivity contribution in [1.82, 2.24) is 4.98 Å². The molecule has 2 aromatic rings. The van der Waals surface area contributed by atoms with Gasteiger partial charge in [-0.15, -0.1) is 0 Å². The van der Waals surface area contributed by atoms with E-state index in [0.29, 0.717) is 6.54 Å². The zero-order chi connectivity index (χ0) is 15.2. The number of anilines is 2. The molecular weight excluding hydrogens is 272 g/mol. The summed E-state index contributed by atoms with van der Waals surface area (Å²) in [7, 11) is 0. The molecule has 1 heterocycles. The molecule has 2 rings (SSSR count). The second kappa shape index (κ2) is 7.02. The number of nitrogens with zero attached hydrogens (tertiary/aromatic N) is 1. The van der Waals surface area contributed by atoms with Gasteiger partial charge in [0.15, 0.2) is 23.3 Å². The van der Waals surface area contributed by atoms with Crippen LogP contribution >= 0.6 is 0 Å². The quantitative estimate of drug-likeness (QED) is 0.830. The second-order valence-corrected chi connectivity index (χ2v) is 4.70. The maximum Gasteiger partial charge on any atom is 0.168 e. The normalized spacial score (nSPS) is 12.0. The summed E-state index contributed by atoms with van der Waals surface area (Å²) in [5.41, 5.74) is 1.04. The summed E-state index contributed by atoms with van der Waals surface area (Å²) < 4.78 is 27.5. The second-order valence-electron chi connectivity index (χ2n) is 4.70. The van der Waals surface area contributed by atoms with E-state index in [-0.39, 0.29) is 17.7 Å². The number of hydrogen-bond acceptors (Lipinski definition) is 3. The smallest absolute Gasteiger partial charge is 0.168 e. The minimum Gasteiger partial charge on any atom is -0.368 e. The van der Waals surface area contributed by atoms with Crippen molar-refractivity contribution in [3.05, 3.63) is 53.6 Å². The van der Waals surface area contributed by atoms with Crippen molar-refractivity contribution in [2.75, 3.05) is 17.2 Å². The van der Waals surface area contributed by atoms with Crippen LogP contribution in [0.3, 0.4) is 0 Å². The van der Waals surface area contributed by atoms with Crippen LogP contribution in [0.4, 0.5) is 20.4 Å². The Hall–Kier alpha value is -2.17. The minimum absolute atomic E-state index is 0.0584. The van der Waals surface area contributed by atoms with Gasteiger partial charge in [0, 0.05) is 12.6 Å². The minimum atomic E-state index is -0.691. The summed E-state index contributed by atoms with van der Waals surface area (Å²) in [5, 5.41) is 5.83. The molecule has 0 spiro atoms. The van der Waals surface area contributed by atoms with Crippen molar-refractivity contribution >= 4 is 11.6 Å². The van der Waals surface area contributed by atoms with Crippen molar-refractivity contribution in [1.29, 1.82) is 0 Å². The van der Waals surface area contributed by atoms with Crippen LogP contribution in [0, 0.1) is 11.6 Å². The molecule has 1 atom stereocenters. The number of benzene rings is 1. The van der Waals surface area contributed by atoms with Gasteiger partial charge in [-0.1, -0.05) is 37.3 Å². The molecule has 1 aromatic carbocycles. The Morgan fingerprint density at radius 3 is 2.33 bits per heavy atom. The highest BCUT2D eigenvalue weighted by Gasteiger charge is 2.15. The number of hydrogen-bond donors (Lipinski definition) is 2. The van der Waals surface area contributed by atoms with E-state index in [2.05, 4.69) is 15.6 Å². The highest BCUT2D eigenvalue weighted by atomic mass is 19.1.